The average Bonchev–Trinajstić information content (AvgIpc) is 2.13. The molecule has 0 aromatic rings. The van der Waals surface area contributed by atoms with Gasteiger partial charge in [-0.2, -0.15) is 0 Å². The molecule has 0 amide bonds. The number of hydrogen-bond donors (Lipinski definition) is 2. The van der Waals surface area contributed by atoms with Crippen LogP contribution in [-0.4, -0.2) is 47.8 Å². The Labute approximate surface area is 58.4 Å². The Morgan fingerprint density at radius 1 is 1.10 bits per heavy atom. The van der Waals surface area contributed by atoms with Crippen molar-refractivity contribution in [3.05, 3.63) is 0 Å². The van der Waals surface area contributed by atoms with Gasteiger partial charge in [-0.25, -0.2) is 0 Å². The van der Waals surface area contributed by atoms with Gasteiger partial charge in [-0.05, 0) is 0 Å². The summed E-state index contributed by atoms with van der Waals surface area (Å²) in [5, 5.41) is 18.4. The van der Waals surface area contributed by atoms with Gasteiger partial charge in [0.05, 0.1) is 13.2 Å². The zero-order valence-corrected chi connectivity index (χ0v) is 5.43. The minimum absolute atomic E-state index is 0.214. The van der Waals surface area contributed by atoms with Crippen molar-refractivity contribution < 1.29 is 19.7 Å². The summed E-state index contributed by atoms with van der Waals surface area (Å²) in [4.78, 5) is 0. The molecule has 2 aliphatic heterocycles. The maximum Gasteiger partial charge on any atom is 0.114 e. The second kappa shape index (κ2) is 2.17. The highest BCUT2D eigenvalue weighted by Gasteiger charge is 2.45. The molecule has 0 aliphatic carbocycles. The number of rotatable bonds is 0. The Morgan fingerprint density at radius 2 is 1.90 bits per heavy atom. The van der Waals surface area contributed by atoms with Gasteiger partial charge in [-0.3, -0.25) is 0 Å². The van der Waals surface area contributed by atoms with Gasteiger partial charge < -0.3 is 19.7 Å². The molecule has 4 nitrogen and oxygen atoms in total. The van der Waals surface area contributed by atoms with Gasteiger partial charge in [0.1, 0.15) is 24.4 Å². The number of ether oxygens (including phenoxy) is 2. The monoisotopic (exact) mass is 146 g/mol. The molecule has 58 valence electrons. The van der Waals surface area contributed by atoms with E-state index in [-0.39, 0.29) is 12.7 Å². The van der Waals surface area contributed by atoms with Gasteiger partial charge in [-0.1, -0.05) is 0 Å². The molecular weight excluding hydrogens is 136 g/mol. The van der Waals surface area contributed by atoms with Crippen LogP contribution in [0.5, 0.6) is 0 Å². The zero-order chi connectivity index (χ0) is 7.14. The molecule has 2 N–H and O–H groups in total. The highest BCUT2D eigenvalue weighted by Crippen LogP contribution is 2.25. The van der Waals surface area contributed by atoms with Crippen LogP contribution in [0.1, 0.15) is 0 Å². The maximum absolute atomic E-state index is 9.27. The minimum atomic E-state index is -0.659. The van der Waals surface area contributed by atoms with E-state index in [1.165, 1.54) is 0 Å². The first-order valence-electron chi connectivity index (χ1n) is 3.38. The Hall–Kier alpha value is -0.160. The van der Waals surface area contributed by atoms with E-state index in [2.05, 4.69) is 0 Å². The molecule has 0 aromatic carbocycles. The predicted octanol–water partition coefficient (Wildman–Crippen LogP) is -1.49. The summed E-state index contributed by atoms with van der Waals surface area (Å²) >= 11 is 0. The zero-order valence-electron chi connectivity index (χ0n) is 5.43. The maximum atomic E-state index is 9.27. The van der Waals surface area contributed by atoms with Crippen molar-refractivity contribution in [1.29, 1.82) is 0 Å². The van der Waals surface area contributed by atoms with Gasteiger partial charge in [0.25, 0.3) is 0 Å². The van der Waals surface area contributed by atoms with Crippen LogP contribution >= 0.6 is 0 Å². The van der Waals surface area contributed by atoms with Gasteiger partial charge in [0.2, 0.25) is 0 Å². The van der Waals surface area contributed by atoms with Gasteiger partial charge in [-0.15, -0.1) is 0 Å². The summed E-state index contributed by atoms with van der Waals surface area (Å²) < 4.78 is 10.1. The standard InChI is InChI=1S/C6H10O4/c7-3-1-9-4-2-10-6(3)5(4)8/h3-8H,1-2H2/t3-,4+,5-,6-/m0/s1. The summed E-state index contributed by atoms with van der Waals surface area (Å²) in [6, 6.07) is 0. The molecule has 2 heterocycles. The topological polar surface area (TPSA) is 58.9 Å². The fourth-order valence-corrected chi connectivity index (χ4v) is 1.42. The van der Waals surface area contributed by atoms with Crippen LogP contribution in [0.2, 0.25) is 0 Å². The highest BCUT2D eigenvalue weighted by atomic mass is 16.6. The lowest BCUT2D eigenvalue weighted by Gasteiger charge is -2.27. The molecule has 0 unspecified atom stereocenters. The number of fused-ring (bicyclic) bond motifs is 2. The summed E-state index contributed by atoms with van der Waals surface area (Å²) in [6.07, 6.45) is -1.93. The first-order chi connectivity index (χ1) is 4.79. The normalized spacial score (nSPS) is 53.4. The molecular formula is C6H10O4. The van der Waals surface area contributed by atoms with Crippen molar-refractivity contribution >= 4 is 0 Å². The summed E-state index contributed by atoms with van der Waals surface area (Å²) in [7, 11) is 0. The fourth-order valence-electron chi connectivity index (χ4n) is 1.42. The molecule has 2 rings (SSSR count). The van der Waals surface area contributed by atoms with Crippen LogP contribution in [-0.2, 0) is 9.47 Å². The summed E-state index contributed by atoms with van der Waals surface area (Å²) in [5.74, 6) is 0. The van der Waals surface area contributed by atoms with Gasteiger partial charge in [0, 0.05) is 0 Å². The number of aliphatic hydroxyl groups excluding tert-OH is 2. The van der Waals surface area contributed by atoms with E-state index in [0.717, 1.165) is 0 Å². The van der Waals surface area contributed by atoms with E-state index in [1.807, 2.05) is 0 Å². The highest BCUT2D eigenvalue weighted by molar-refractivity contribution is 4.92. The van der Waals surface area contributed by atoms with Crippen LogP contribution in [0.3, 0.4) is 0 Å². The molecule has 4 heteroatoms. The third-order valence-electron chi connectivity index (χ3n) is 2.03. The van der Waals surface area contributed by atoms with Crippen molar-refractivity contribution in [2.45, 2.75) is 24.4 Å². The van der Waals surface area contributed by atoms with Gasteiger partial charge in [0.15, 0.2) is 0 Å². The molecule has 0 spiro atoms. The SMILES string of the molecule is O[C@@H]1[C@H]2OC[C@H]1OC[C@@H]2O. The van der Waals surface area contributed by atoms with E-state index in [4.69, 9.17) is 14.6 Å². The van der Waals surface area contributed by atoms with Crippen molar-refractivity contribution in [3.63, 3.8) is 0 Å². The van der Waals surface area contributed by atoms with Crippen LogP contribution in [0.15, 0.2) is 0 Å². The lowest BCUT2D eigenvalue weighted by atomic mass is 10.0. The number of hydrogen-bond acceptors (Lipinski definition) is 4. The number of aliphatic hydroxyl groups is 2. The molecule has 0 aromatic heterocycles. The second-order valence-electron chi connectivity index (χ2n) is 2.73. The Kier molecular flexibility index (Phi) is 1.42. The van der Waals surface area contributed by atoms with E-state index in [1.54, 1.807) is 0 Å². The van der Waals surface area contributed by atoms with Crippen molar-refractivity contribution in [3.8, 4) is 0 Å². The smallest absolute Gasteiger partial charge is 0.114 e. The molecule has 0 saturated carbocycles. The lowest BCUT2D eigenvalue weighted by Crippen LogP contribution is -2.47. The van der Waals surface area contributed by atoms with Gasteiger partial charge >= 0.3 is 0 Å². The van der Waals surface area contributed by atoms with E-state index < -0.39 is 18.3 Å². The third-order valence-corrected chi connectivity index (χ3v) is 2.03. The van der Waals surface area contributed by atoms with E-state index >= 15 is 0 Å². The molecule has 10 heavy (non-hydrogen) atoms. The van der Waals surface area contributed by atoms with E-state index in [9.17, 15) is 5.11 Å². The lowest BCUT2D eigenvalue weighted by molar-refractivity contribution is -0.126. The largest absolute Gasteiger partial charge is 0.388 e. The molecule has 2 saturated heterocycles. The van der Waals surface area contributed by atoms with E-state index in [0.29, 0.717) is 6.61 Å². The van der Waals surface area contributed by atoms with Crippen LogP contribution in [0.4, 0.5) is 0 Å². The van der Waals surface area contributed by atoms with Crippen molar-refractivity contribution in [2.75, 3.05) is 13.2 Å². The Morgan fingerprint density at radius 3 is 2.60 bits per heavy atom. The first-order valence-corrected chi connectivity index (χ1v) is 3.38. The quantitative estimate of drug-likeness (QED) is 0.437. The Balaban J connectivity index is 2.13. The Bertz CT molecular complexity index is 138. The minimum Gasteiger partial charge on any atom is -0.388 e. The molecule has 2 fully saturated rings. The fraction of sp³-hybridized carbons (Fsp3) is 1.00. The van der Waals surface area contributed by atoms with Crippen molar-refractivity contribution in [1.82, 2.24) is 0 Å². The second-order valence-corrected chi connectivity index (χ2v) is 2.73. The predicted molar refractivity (Wildman–Crippen MR) is 31.5 cm³/mol. The molecule has 0 radical (unpaired) electrons. The van der Waals surface area contributed by atoms with Crippen molar-refractivity contribution in [2.24, 2.45) is 0 Å². The molecule has 4 atom stereocenters. The summed E-state index contributed by atoms with van der Waals surface area (Å²) in [6.45, 7) is 0.690. The summed E-state index contributed by atoms with van der Waals surface area (Å²) in [5.41, 5.74) is 0. The third kappa shape index (κ3) is 0.769. The van der Waals surface area contributed by atoms with Crippen LogP contribution < -0.4 is 0 Å². The molecule has 2 aliphatic rings. The van der Waals surface area contributed by atoms with Crippen LogP contribution in [0.25, 0.3) is 0 Å². The average molecular weight is 146 g/mol. The molecule has 2 bridgehead atoms. The van der Waals surface area contributed by atoms with Crippen LogP contribution in [0, 0.1) is 0 Å². The first kappa shape index (κ1) is 6.54.